The first-order chi connectivity index (χ1) is 14.6. The summed E-state index contributed by atoms with van der Waals surface area (Å²) >= 11 is 0. The van der Waals surface area contributed by atoms with Crippen molar-refractivity contribution in [1.29, 1.82) is 0 Å². The summed E-state index contributed by atoms with van der Waals surface area (Å²) in [4.78, 5) is 0. The van der Waals surface area contributed by atoms with E-state index in [0.717, 1.165) is 38.0 Å². The maximum absolute atomic E-state index is 6.42. The molecule has 0 fully saturated rings. The van der Waals surface area contributed by atoms with Gasteiger partial charge in [-0.1, -0.05) is 70.5 Å². The molecule has 164 valence electrons. The second-order valence-electron chi connectivity index (χ2n) is 9.20. The van der Waals surface area contributed by atoms with Crippen LogP contribution < -0.4 is 4.74 Å². The summed E-state index contributed by atoms with van der Waals surface area (Å²) in [6.07, 6.45) is 8.90. The molecule has 0 bridgehead atoms. The van der Waals surface area contributed by atoms with E-state index in [9.17, 15) is 0 Å². The SMILES string of the molecule is CCCOC(CC1(CCC)CCc2ccccc2C1)Oc1ccc(C(C)CC)cc1. The molecule has 0 aliphatic heterocycles. The number of ether oxygens (including phenoxy) is 2. The third-order valence-electron chi connectivity index (χ3n) is 6.83. The van der Waals surface area contributed by atoms with Crippen LogP contribution in [0, 0.1) is 5.41 Å². The molecule has 1 aliphatic carbocycles. The predicted molar refractivity (Wildman–Crippen MR) is 126 cm³/mol. The van der Waals surface area contributed by atoms with E-state index in [0.29, 0.717) is 5.92 Å². The Morgan fingerprint density at radius 1 is 0.933 bits per heavy atom. The van der Waals surface area contributed by atoms with Crippen LogP contribution in [0.3, 0.4) is 0 Å². The quantitative estimate of drug-likeness (QED) is 0.355. The molecule has 2 aromatic rings. The fourth-order valence-corrected chi connectivity index (χ4v) is 4.89. The van der Waals surface area contributed by atoms with Crippen LogP contribution in [0.15, 0.2) is 48.5 Å². The predicted octanol–water partition coefficient (Wildman–Crippen LogP) is 7.70. The van der Waals surface area contributed by atoms with Crippen molar-refractivity contribution in [2.24, 2.45) is 5.41 Å². The first kappa shape index (κ1) is 22.9. The third kappa shape index (κ3) is 5.88. The molecule has 3 atom stereocenters. The maximum Gasteiger partial charge on any atom is 0.200 e. The Bertz CT molecular complexity index is 766. The van der Waals surface area contributed by atoms with E-state index in [1.54, 1.807) is 0 Å². The number of benzene rings is 2. The smallest absolute Gasteiger partial charge is 0.200 e. The summed E-state index contributed by atoms with van der Waals surface area (Å²) in [5.41, 5.74) is 4.68. The fraction of sp³-hybridized carbons (Fsp3) is 0.571. The van der Waals surface area contributed by atoms with Crippen molar-refractivity contribution in [3.63, 3.8) is 0 Å². The number of rotatable bonds is 11. The summed E-state index contributed by atoms with van der Waals surface area (Å²) in [6.45, 7) is 9.72. The summed E-state index contributed by atoms with van der Waals surface area (Å²) in [5.74, 6) is 1.51. The van der Waals surface area contributed by atoms with Crippen molar-refractivity contribution in [2.45, 2.75) is 91.3 Å². The van der Waals surface area contributed by atoms with Crippen molar-refractivity contribution < 1.29 is 9.47 Å². The molecule has 0 aromatic heterocycles. The molecule has 0 heterocycles. The van der Waals surface area contributed by atoms with Crippen LogP contribution in [-0.4, -0.2) is 12.9 Å². The van der Waals surface area contributed by atoms with Gasteiger partial charge in [0, 0.05) is 6.42 Å². The molecule has 30 heavy (non-hydrogen) atoms. The second-order valence-corrected chi connectivity index (χ2v) is 9.20. The van der Waals surface area contributed by atoms with Crippen LogP contribution in [0.25, 0.3) is 0 Å². The summed E-state index contributed by atoms with van der Waals surface area (Å²) < 4.78 is 12.7. The van der Waals surface area contributed by atoms with Gasteiger partial charge < -0.3 is 9.47 Å². The topological polar surface area (TPSA) is 18.5 Å². The number of hydrogen-bond acceptors (Lipinski definition) is 2. The first-order valence-electron chi connectivity index (χ1n) is 12.0. The van der Waals surface area contributed by atoms with Crippen LogP contribution in [0.2, 0.25) is 0 Å². The Morgan fingerprint density at radius 2 is 1.67 bits per heavy atom. The highest BCUT2D eigenvalue weighted by Gasteiger charge is 2.37. The molecule has 0 N–H and O–H groups in total. The van der Waals surface area contributed by atoms with Crippen molar-refractivity contribution in [2.75, 3.05) is 6.61 Å². The second kappa shape index (κ2) is 11.0. The zero-order valence-corrected chi connectivity index (χ0v) is 19.5. The molecule has 0 spiro atoms. The van der Waals surface area contributed by atoms with Gasteiger partial charge in [-0.05, 0) is 78.7 Å². The Balaban J connectivity index is 1.75. The van der Waals surface area contributed by atoms with Crippen molar-refractivity contribution >= 4 is 0 Å². The highest BCUT2D eigenvalue weighted by atomic mass is 16.7. The molecule has 0 saturated carbocycles. The van der Waals surface area contributed by atoms with E-state index in [2.05, 4.69) is 76.2 Å². The van der Waals surface area contributed by atoms with Gasteiger partial charge in [0.15, 0.2) is 6.29 Å². The van der Waals surface area contributed by atoms with Crippen molar-refractivity contribution in [3.8, 4) is 5.75 Å². The molecule has 0 radical (unpaired) electrons. The summed E-state index contributed by atoms with van der Waals surface area (Å²) in [7, 11) is 0. The average Bonchev–Trinajstić information content (AvgIpc) is 2.77. The van der Waals surface area contributed by atoms with Crippen molar-refractivity contribution in [3.05, 3.63) is 65.2 Å². The molecule has 1 aliphatic rings. The van der Waals surface area contributed by atoms with Crippen LogP contribution in [0.5, 0.6) is 5.75 Å². The highest BCUT2D eigenvalue weighted by molar-refractivity contribution is 5.31. The Labute approximate surface area is 184 Å². The molecule has 3 unspecified atom stereocenters. The number of hydrogen-bond donors (Lipinski definition) is 0. The van der Waals surface area contributed by atoms with Crippen LogP contribution in [-0.2, 0) is 17.6 Å². The molecular formula is C28H40O2. The summed E-state index contributed by atoms with van der Waals surface area (Å²) in [5, 5.41) is 0. The Hall–Kier alpha value is -1.80. The lowest BCUT2D eigenvalue weighted by Crippen LogP contribution is -2.36. The van der Waals surface area contributed by atoms with E-state index in [1.807, 2.05) is 0 Å². The lowest BCUT2D eigenvalue weighted by atomic mass is 9.67. The van der Waals surface area contributed by atoms with Crippen LogP contribution in [0.1, 0.15) is 88.8 Å². The van der Waals surface area contributed by atoms with E-state index in [-0.39, 0.29) is 11.7 Å². The highest BCUT2D eigenvalue weighted by Crippen LogP contribution is 2.43. The standard InChI is InChI=1S/C28H40O2/c1-5-17-28(18-16-24-10-8-9-11-25(24)20-28)21-27(29-19-6-2)30-26-14-12-23(13-15-26)22(4)7-3/h8-15,22,27H,5-7,16-21H2,1-4H3. The van der Waals surface area contributed by atoms with Gasteiger partial charge in [-0.3, -0.25) is 0 Å². The van der Waals surface area contributed by atoms with Gasteiger partial charge in [0.2, 0.25) is 0 Å². The number of aryl methyl sites for hydroxylation is 1. The maximum atomic E-state index is 6.42. The third-order valence-corrected chi connectivity index (χ3v) is 6.83. The van der Waals surface area contributed by atoms with E-state index < -0.39 is 0 Å². The van der Waals surface area contributed by atoms with E-state index in [1.165, 1.54) is 42.4 Å². The Kier molecular flexibility index (Phi) is 8.39. The van der Waals surface area contributed by atoms with Gasteiger partial charge >= 0.3 is 0 Å². The minimum Gasteiger partial charge on any atom is -0.465 e. The summed E-state index contributed by atoms with van der Waals surface area (Å²) in [6, 6.07) is 17.6. The molecule has 2 aromatic carbocycles. The number of fused-ring (bicyclic) bond motifs is 1. The average molecular weight is 409 g/mol. The monoisotopic (exact) mass is 408 g/mol. The molecule has 2 nitrogen and oxygen atoms in total. The van der Waals surface area contributed by atoms with E-state index >= 15 is 0 Å². The molecule has 0 amide bonds. The van der Waals surface area contributed by atoms with Crippen LogP contribution in [0.4, 0.5) is 0 Å². The fourth-order valence-electron chi connectivity index (χ4n) is 4.89. The minimum absolute atomic E-state index is 0.184. The molecular weight excluding hydrogens is 368 g/mol. The zero-order valence-electron chi connectivity index (χ0n) is 19.5. The first-order valence-corrected chi connectivity index (χ1v) is 12.0. The normalized spacial score (nSPS) is 20.4. The lowest BCUT2D eigenvalue weighted by Gasteiger charge is -2.40. The van der Waals surface area contributed by atoms with Gasteiger partial charge in [-0.15, -0.1) is 0 Å². The van der Waals surface area contributed by atoms with Crippen LogP contribution >= 0.6 is 0 Å². The lowest BCUT2D eigenvalue weighted by molar-refractivity contribution is -0.108. The van der Waals surface area contributed by atoms with Crippen molar-refractivity contribution in [1.82, 2.24) is 0 Å². The Morgan fingerprint density at radius 3 is 2.33 bits per heavy atom. The van der Waals surface area contributed by atoms with Gasteiger partial charge in [-0.2, -0.15) is 0 Å². The molecule has 3 rings (SSSR count). The minimum atomic E-state index is -0.184. The zero-order chi connectivity index (χ0) is 21.4. The van der Waals surface area contributed by atoms with E-state index in [4.69, 9.17) is 9.47 Å². The molecule has 2 heteroatoms. The van der Waals surface area contributed by atoms with Gasteiger partial charge in [-0.25, -0.2) is 0 Å². The largest absolute Gasteiger partial charge is 0.465 e. The molecule has 0 saturated heterocycles. The van der Waals surface area contributed by atoms with Gasteiger partial charge in [0.05, 0.1) is 6.61 Å². The van der Waals surface area contributed by atoms with Gasteiger partial charge in [0.25, 0.3) is 0 Å². The van der Waals surface area contributed by atoms with Gasteiger partial charge in [0.1, 0.15) is 5.75 Å².